The van der Waals surface area contributed by atoms with Crippen LogP contribution in [0.2, 0.25) is 6.82 Å². The summed E-state index contributed by atoms with van der Waals surface area (Å²) in [6.07, 6.45) is -0.564. The van der Waals surface area contributed by atoms with Crippen molar-refractivity contribution < 1.29 is 18.9 Å². The SMILES string of the molecule is CB1OC(=O)C(CC(C)=O)O1. The summed E-state index contributed by atoms with van der Waals surface area (Å²) in [4.78, 5) is 21.4. The normalized spacial score (nSPS) is 23.6. The third-order valence-corrected chi connectivity index (χ3v) is 1.37. The van der Waals surface area contributed by atoms with Gasteiger partial charge in [-0.15, -0.1) is 0 Å². The van der Waals surface area contributed by atoms with Gasteiger partial charge in [0, 0.05) is 6.42 Å². The molecule has 0 spiro atoms. The van der Waals surface area contributed by atoms with Gasteiger partial charge in [-0.2, -0.15) is 0 Å². The monoisotopic (exact) mass is 156 g/mol. The fourth-order valence-electron chi connectivity index (χ4n) is 0.947. The maximum Gasteiger partial charge on any atom is 0.524 e. The van der Waals surface area contributed by atoms with Gasteiger partial charge in [-0.25, -0.2) is 0 Å². The van der Waals surface area contributed by atoms with Crippen molar-refractivity contribution in [2.24, 2.45) is 0 Å². The maximum atomic E-state index is 10.8. The molecule has 0 radical (unpaired) electrons. The Morgan fingerprint density at radius 3 is 2.73 bits per heavy atom. The van der Waals surface area contributed by atoms with E-state index >= 15 is 0 Å². The molecule has 11 heavy (non-hydrogen) atoms. The Balaban J connectivity index is 2.47. The maximum absolute atomic E-state index is 10.8. The highest BCUT2D eigenvalue weighted by molar-refractivity contribution is 6.47. The zero-order valence-electron chi connectivity index (χ0n) is 6.49. The molecule has 0 aromatic heterocycles. The van der Waals surface area contributed by atoms with E-state index in [0.29, 0.717) is 0 Å². The molecule has 60 valence electrons. The lowest BCUT2D eigenvalue weighted by atomic mass is 9.97. The smallest absolute Gasteiger partial charge is 0.508 e. The molecule has 1 atom stereocenters. The van der Waals surface area contributed by atoms with Gasteiger partial charge in [0.05, 0.1) is 0 Å². The molecule has 5 heteroatoms. The molecule has 0 aliphatic carbocycles. The van der Waals surface area contributed by atoms with Crippen LogP contribution in [-0.4, -0.2) is 25.0 Å². The van der Waals surface area contributed by atoms with Crippen LogP contribution < -0.4 is 0 Å². The van der Waals surface area contributed by atoms with E-state index in [0.717, 1.165) is 0 Å². The quantitative estimate of drug-likeness (QED) is 0.529. The standard InChI is InChI=1S/C6H9BO4/c1-4(8)3-5-6(9)11-7(2)10-5/h5H,3H2,1-2H3. The Labute approximate surface area is 65.0 Å². The molecule has 4 nitrogen and oxygen atoms in total. The molecule has 1 rings (SSSR count). The molecule has 0 bridgehead atoms. The lowest BCUT2D eigenvalue weighted by Gasteiger charge is -2.01. The lowest BCUT2D eigenvalue weighted by molar-refractivity contribution is -0.138. The minimum atomic E-state index is -0.678. The zero-order chi connectivity index (χ0) is 8.43. The summed E-state index contributed by atoms with van der Waals surface area (Å²) in [6.45, 7) is 3.04. The Morgan fingerprint density at radius 1 is 1.73 bits per heavy atom. The van der Waals surface area contributed by atoms with E-state index in [1.54, 1.807) is 6.82 Å². The molecular formula is C6H9BO4. The average Bonchev–Trinajstić information content (AvgIpc) is 2.09. The van der Waals surface area contributed by atoms with Crippen LogP contribution in [0.5, 0.6) is 0 Å². The first kappa shape index (κ1) is 8.26. The number of rotatable bonds is 2. The van der Waals surface area contributed by atoms with Crippen molar-refractivity contribution in [3.05, 3.63) is 0 Å². The van der Waals surface area contributed by atoms with Gasteiger partial charge in [0.15, 0.2) is 0 Å². The van der Waals surface area contributed by atoms with Crippen LogP contribution in [0.25, 0.3) is 0 Å². The molecule has 1 saturated heterocycles. The van der Waals surface area contributed by atoms with Crippen molar-refractivity contribution in [2.45, 2.75) is 26.3 Å². The van der Waals surface area contributed by atoms with Gasteiger partial charge < -0.3 is 9.31 Å². The van der Waals surface area contributed by atoms with E-state index in [9.17, 15) is 9.59 Å². The van der Waals surface area contributed by atoms with Gasteiger partial charge in [-0.05, 0) is 13.7 Å². The predicted octanol–water partition coefficient (Wildman–Crippen LogP) is 0.0255. The number of Topliss-reactive ketones (excluding diaryl/α,β-unsaturated/α-hetero) is 1. The van der Waals surface area contributed by atoms with E-state index in [1.807, 2.05) is 0 Å². The molecule has 1 aliphatic heterocycles. The van der Waals surface area contributed by atoms with Gasteiger partial charge in [-0.1, -0.05) is 0 Å². The van der Waals surface area contributed by atoms with Crippen molar-refractivity contribution in [1.82, 2.24) is 0 Å². The van der Waals surface area contributed by atoms with E-state index < -0.39 is 19.2 Å². The molecule has 0 N–H and O–H groups in total. The van der Waals surface area contributed by atoms with Gasteiger partial charge in [0.2, 0.25) is 0 Å². The molecule has 0 amide bonds. The average molecular weight is 156 g/mol. The molecule has 1 fully saturated rings. The first-order valence-corrected chi connectivity index (χ1v) is 3.45. The minimum Gasteiger partial charge on any atom is -0.508 e. The fraction of sp³-hybridized carbons (Fsp3) is 0.667. The summed E-state index contributed by atoms with van der Waals surface area (Å²) >= 11 is 0. The van der Waals surface area contributed by atoms with Crippen LogP contribution in [0.3, 0.4) is 0 Å². The third-order valence-electron chi connectivity index (χ3n) is 1.37. The molecule has 0 aromatic carbocycles. The van der Waals surface area contributed by atoms with Crippen LogP contribution in [0.15, 0.2) is 0 Å². The van der Waals surface area contributed by atoms with Crippen molar-refractivity contribution >= 4 is 18.9 Å². The van der Waals surface area contributed by atoms with Crippen molar-refractivity contribution in [3.8, 4) is 0 Å². The first-order valence-electron chi connectivity index (χ1n) is 3.45. The Bertz CT molecular complexity index is 191. The second kappa shape index (κ2) is 3.05. The summed E-state index contributed by atoms with van der Waals surface area (Å²) in [5, 5.41) is 0. The van der Waals surface area contributed by atoms with Crippen molar-refractivity contribution in [3.63, 3.8) is 0 Å². The Kier molecular flexibility index (Phi) is 2.29. The molecule has 1 heterocycles. The summed E-state index contributed by atoms with van der Waals surface area (Å²) in [7, 11) is -0.508. The summed E-state index contributed by atoms with van der Waals surface area (Å²) in [5.74, 6) is -0.506. The highest BCUT2D eigenvalue weighted by Crippen LogP contribution is 2.12. The number of hydrogen-bond acceptors (Lipinski definition) is 4. The number of hydrogen-bond donors (Lipinski definition) is 0. The summed E-state index contributed by atoms with van der Waals surface area (Å²) in [5.41, 5.74) is 0. The highest BCUT2D eigenvalue weighted by Gasteiger charge is 2.36. The predicted molar refractivity (Wildman–Crippen MR) is 37.9 cm³/mol. The molecule has 0 saturated carbocycles. The van der Waals surface area contributed by atoms with Crippen LogP contribution in [0.1, 0.15) is 13.3 Å². The number of carbonyl (C=O) groups is 2. The Hall–Kier alpha value is -0.835. The van der Waals surface area contributed by atoms with Gasteiger partial charge in [0.1, 0.15) is 11.9 Å². The third kappa shape index (κ3) is 2.05. The molecule has 0 aromatic rings. The highest BCUT2D eigenvalue weighted by atomic mass is 16.7. The number of ketones is 1. The topological polar surface area (TPSA) is 52.6 Å². The largest absolute Gasteiger partial charge is 0.524 e. The zero-order valence-corrected chi connectivity index (χ0v) is 6.49. The first-order chi connectivity index (χ1) is 5.09. The van der Waals surface area contributed by atoms with Gasteiger partial charge >= 0.3 is 13.1 Å². The summed E-state index contributed by atoms with van der Waals surface area (Å²) < 4.78 is 9.65. The lowest BCUT2D eigenvalue weighted by Crippen LogP contribution is -2.19. The van der Waals surface area contributed by atoms with Gasteiger partial charge in [-0.3, -0.25) is 9.59 Å². The Morgan fingerprint density at radius 2 is 2.36 bits per heavy atom. The number of carbonyl (C=O) groups excluding carboxylic acids is 2. The van der Waals surface area contributed by atoms with Crippen LogP contribution >= 0.6 is 0 Å². The van der Waals surface area contributed by atoms with Crippen LogP contribution in [0.4, 0.5) is 0 Å². The van der Waals surface area contributed by atoms with E-state index in [2.05, 4.69) is 4.65 Å². The van der Waals surface area contributed by atoms with Crippen molar-refractivity contribution in [2.75, 3.05) is 0 Å². The fourth-order valence-corrected chi connectivity index (χ4v) is 0.947. The second-order valence-corrected chi connectivity index (χ2v) is 2.54. The second-order valence-electron chi connectivity index (χ2n) is 2.54. The van der Waals surface area contributed by atoms with Crippen molar-refractivity contribution in [1.29, 1.82) is 0 Å². The van der Waals surface area contributed by atoms with Crippen LogP contribution in [-0.2, 0) is 18.9 Å². The molecule has 1 aliphatic rings. The molecular weight excluding hydrogens is 147 g/mol. The van der Waals surface area contributed by atoms with Crippen LogP contribution in [0, 0.1) is 0 Å². The molecule has 1 unspecified atom stereocenters. The summed E-state index contributed by atoms with van der Waals surface area (Å²) in [6, 6.07) is 0. The van der Waals surface area contributed by atoms with Gasteiger partial charge in [0.25, 0.3) is 0 Å². The van der Waals surface area contributed by atoms with E-state index in [1.165, 1.54) is 6.92 Å². The van der Waals surface area contributed by atoms with E-state index in [-0.39, 0.29) is 12.2 Å². The van der Waals surface area contributed by atoms with E-state index in [4.69, 9.17) is 4.65 Å². The minimum absolute atomic E-state index is 0.0685.